The van der Waals surface area contributed by atoms with Crippen LogP contribution in [0.4, 0.5) is 0 Å². The highest BCUT2D eigenvalue weighted by atomic mass is 79.9. The maximum atomic E-state index is 13.7. The third-order valence-electron chi connectivity index (χ3n) is 5.69. The maximum Gasteiger partial charge on any atom is 0.338 e. The van der Waals surface area contributed by atoms with E-state index in [1.165, 1.54) is 18.4 Å². The van der Waals surface area contributed by atoms with E-state index in [2.05, 4.69) is 20.9 Å². The minimum Gasteiger partial charge on any atom is -0.493 e. The van der Waals surface area contributed by atoms with Gasteiger partial charge in [-0.3, -0.25) is 9.36 Å². The molecule has 0 unspecified atom stereocenters. The van der Waals surface area contributed by atoms with E-state index in [-0.39, 0.29) is 12.2 Å². The second-order valence-electron chi connectivity index (χ2n) is 7.94. The quantitative estimate of drug-likeness (QED) is 0.430. The van der Waals surface area contributed by atoms with Crippen molar-refractivity contribution >= 4 is 39.3 Å². The van der Waals surface area contributed by atoms with E-state index < -0.39 is 12.0 Å². The van der Waals surface area contributed by atoms with Gasteiger partial charge in [-0.2, -0.15) is 0 Å². The van der Waals surface area contributed by atoms with Gasteiger partial charge in [0.15, 0.2) is 16.3 Å². The molecule has 0 amide bonds. The number of hydrogen-bond donors (Lipinski definition) is 0. The molecule has 0 aliphatic carbocycles. The summed E-state index contributed by atoms with van der Waals surface area (Å²) in [6, 6.07) is 10.7. The van der Waals surface area contributed by atoms with Crippen molar-refractivity contribution in [2.45, 2.75) is 26.8 Å². The van der Waals surface area contributed by atoms with Crippen LogP contribution in [-0.2, 0) is 9.53 Å². The molecule has 4 rings (SSSR count). The lowest BCUT2D eigenvalue weighted by atomic mass is 9.95. The molecule has 0 fully saturated rings. The van der Waals surface area contributed by atoms with Crippen molar-refractivity contribution in [1.82, 2.24) is 4.57 Å². The average Bonchev–Trinajstić information content (AvgIpc) is 3.14. The number of carbonyl (C=O) groups excluding carboxylic acids is 1. The molecule has 2 heterocycles. The topological polar surface area (TPSA) is 79.1 Å². The summed E-state index contributed by atoms with van der Waals surface area (Å²) < 4.78 is 19.0. The summed E-state index contributed by atoms with van der Waals surface area (Å²) in [5.41, 5.74) is 3.26. The summed E-state index contributed by atoms with van der Waals surface area (Å²) in [6.45, 7) is 5.71. The van der Waals surface area contributed by atoms with Crippen molar-refractivity contribution < 1.29 is 19.0 Å². The molecule has 0 bridgehead atoms. The van der Waals surface area contributed by atoms with E-state index in [4.69, 9.17) is 14.2 Å². The van der Waals surface area contributed by atoms with Crippen molar-refractivity contribution in [3.05, 3.63) is 88.5 Å². The van der Waals surface area contributed by atoms with Gasteiger partial charge in [0.2, 0.25) is 0 Å². The van der Waals surface area contributed by atoms with Crippen LogP contribution in [0.3, 0.4) is 0 Å². The summed E-state index contributed by atoms with van der Waals surface area (Å²) in [6.07, 6.45) is 1.84. The SMILES string of the molecule is CCOC(=O)C1=C(C)N=c2s/c(=C\c3ccc(C)cc3)c(=O)n2[C@H]1c1cc(OC)c(OC)cc1Br. The van der Waals surface area contributed by atoms with E-state index in [1.807, 2.05) is 37.3 Å². The zero-order chi connectivity index (χ0) is 25.3. The van der Waals surface area contributed by atoms with Gasteiger partial charge in [0.25, 0.3) is 5.56 Å². The van der Waals surface area contributed by atoms with Crippen LogP contribution in [0.1, 0.15) is 36.6 Å². The normalized spacial score (nSPS) is 15.5. The summed E-state index contributed by atoms with van der Waals surface area (Å²) in [5, 5.41) is 0. The van der Waals surface area contributed by atoms with Gasteiger partial charge in [-0.1, -0.05) is 57.1 Å². The Balaban J connectivity index is 2.01. The predicted molar refractivity (Wildman–Crippen MR) is 139 cm³/mol. The number of methoxy groups -OCH3 is 2. The number of thiazole rings is 1. The predicted octanol–water partition coefficient (Wildman–Crippen LogP) is 3.89. The minimum absolute atomic E-state index is 0.202. The molecule has 0 N–H and O–H groups in total. The largest absolute Gasteiger partial charge is 0.493 e. The summed E-state index contributed by atoms with van der Waals surface area (Å²) >= 11 is 4.89. The number of halogens is 1. The van der Waals surface area contributed by atoms with Crippen molar-refractivity contribution in [2.24, 2.45) is 4.99 Å². The van der Waals surface area contributed by atoms with Gasteiger partial charge in [-0.25, -0.2) is 9.79 Å². The fraction of sp³-hybridized carbons (Fsp3) is 0.269. The Morgan fingerprint density at radius 3 is 2.43 bits per heavy atom. The Hall–Kier alpha value is -3.17. The number of nitrogens with zero attached hydrogens (tertiary/aromatic N) is 2. The Labute approximate surface area is 215 Å². The number of carbonyl (C=O) groups is 1. The smallest absolute Gasteiger partial charge is 0.338 e. The van der Waals surface area contributed by atoms with Crippen LogP contribution in [0.2, 0.25) is 0 Å². The van der Waals surface area contributed by atoms with Crippen LogP contribution < -0.4 is 24.4 Å². The van der Waals surface area contributed by atoms with Crippen molar-refractivity contribution in [3.63, 3.8) is 0 Å². The third-order valence-corrected chi connectivity index (χ3v) is 7.36. The number of hydrogen-bond acceptors (Lipinski definition) is 7. The van der Waals surface area contributed by atoms with Gasteiger partial charge in [0.05, 0.1) is 42.7 Å². The summed E-state index contributed by atoms with van der Waals surface area (Å²) in [4.78, 5) is 32.0. The molecule has 0 saturated heterocycles. The molecule has 35 heavy (non-hydrogen) atoms. The molecule has 0 spiro atoms. The molecule has 3 aromatic rings. The van der Waals surface area contributed by atoms with E-state index >= 15 is 0 Å². The van der Waals surface area contributed by atoms with Gasteiger partial charge >= 0.3 is 5.97 Å². The lowest BCUT2D eigenvalue weighted by Gasteiger charge is -2.26. The lowest BCUT2D eigenvalue weighted by molar-refractivity contribution is -0.139. The molecule has 2 aromatic carbocycles. The Kier molecular flexibility index (Phi) is 7.28. The van der Waals surface area contributed by atoms with Crippen LogP contribution in [0.5, 0.6) is 11.5 Å². The third kappa shape index (κ3) is 4.70. The summed E-state index contributed by atoms with van der Waals surface area (Å²) in [7, 11) is 3.09. The second kappa shape index (κ2) is 10.2. The molecule has 1 aliphatic heterocycles. The van der Waals surface area contributed by atoms with Crippen LogP contribution >= 0.6 is 27.3 Å². The Morgan fingerprint density at radius 2 is 1.80 bits per heavy atom. The van der Waals surface area contributed by atoms with Crippen LogP contribution in [0, 0.1) is 6.92 Å². The zero-order valence-corrected chi connectivity index (χ0v) is 22.5. The lowest BCUT2D eigenvalue weighted by Crippen LogP contribution is -2.40. The number of fused-ring (bicyclic) bond motifs is 1. The van der Waals surface area contributed by atoms with Gasteiger partial charge in [-0.05, 0) is 50.1 Å². The number of ether oxygens (including phenoxy) is 3. The van der Waals surface area contributed by atoms with Crippen LogP contribution in [-0.4, -0.2) is 31.4 Å². The van der Waals surface area contributed by atoms with Crippen LogP contribution in [0.15, 0.2) is 61.9 Å². The van der Waals surface area contributed by atoms with Crippen molar-refractivity contribution in [3.8, 4) is 11.5 Å². The highest BCUT2D eigenvalue weighted by Gasteiger charge is 2.35. The molecule has 0 radical (unpaired) electrons. The number of allylic oxidation sites excluding steroid dienone is 1. The number of aromatic nitrogens is 1. The van der Waals surface area contributed by atoms with Gasteiger partial charge in [-0.15, -0.1) is 0 Å². The van der Waals surface area contributed by atoms with E-state index in [9.17, 15) is 9.59 Å². The average molecular weight is 557 g/mol. The van der Waals surface area contributed by atoms with E-state index in [0.717, 1.165) is 11.1 Å². The second-order valence-corrected chi connectivity index (χ2v) is 9.81. The first-order valence-corrected chi connectivity index (χ1v) is 12.6. The minimum atomic E-state index is -0.764. The highest BCUT2D eigenvalue weighted by molar-refractivity contribution is 9.10. The van der Waals surface area contributed by atoms with Crippen molar-refractivity contribution in [1.29, 1.82) is 0 Å². The first kappa shape index (κ1) is 24.9. The monoisotopic (exact) mass is 556 g/mol. The van der Waals surface area contributed by atoms with Gasteiger partial charge < -0.3 is 14.2 Å². The molecule has 0 saturated carbocycles. The van der Waals surface area contributed by atoms with E-state index in [1.54, 1.807) is 37.7 Å². The molecular formula is C26H25BrN2O5S. The zero-order valence-electron chi connectivity index (χ0n) is 20.0. The number of esters is 1. The fourth-order valence-corrected chi connectivity index (χ4v) is 5.57. The molecule has 9 heteroatoms. The molecule has 182 valence electrons. The van der Waals surface area contributed by atoms with Crippen molar-refractivity contribution in [2.75, 3.05) is 20.8 Å². The Morgan fingerprint density at radius 1 is 1.14 bits per heavy atom. The number of rotatable bonds is 6. The summed E-state index contributed by atoms with van der Waals surface area (Å²) in [5.74, 6) is 0.479. The first-order chi connectivity index (χ1) is 16.8. The number of benzene rings is 2. The molecule has 1 aliphatic rings. The molecule has 7 nitrogen and oxygen atoms in total. The van der Waals surface area contributed by atoms with Gasteiger partial charge in [0.1, 0.15) is 0 Å². The van der Waals surface area contributed by atoms with Crippen LogP contribution in [0.25, 0.3) is 6.08 Å². The maximum absolute atomic E-state index is 13.7. The molecular weight excluding hydrogens is 532 g/mol. The van der Waals surface area contributed by atoms with Gasteiger partial charge in [0, 0.05) is 4.47 Å². The standard InChI is InChI=1S/C26H25BrN2O5S/c1-6-34-25(31)22-15(3)28-26-29(23(22)17-12-19(32-4)20(33-5)13-18(17)27)24(30)21(35-26)11-16-9-7-14(2)8-10-16/h7-13,23H,6H2,1-5H3/b21-11-/t23-/m0/s1. The number of aryl methyl sites for hydroxylation is 1. The highest BCUT2D eigenvalue weighted by Crippen LogP contribution is 2.40. The first-order valence-electron chi connectivity index (χ1n) is 11.0. The fourth-order valence-electron chi connectivity index (χ4n) is 3.98. The molecule has 1 atom stereocenters. The Bertz CT molecular complexity index is 1500. The molecule has 1 aromatic heterocycles. The van der Waals surface area contributed by atoms with E-state index in [0.29, 0.717) is 42.1 Å².